The van der Waals surface area contributed by atoms with Gasteiger partial charge in [-0.15, -0.1) is 0 Å². The van der Waals surface area contributed by atoms with Gasteiger partial charge in [0.15, 0.2) is 23.2 Å². The van der Waals surface area contributed by atoms with Gasteiger partial charge in [-0.05, 0) is 30.3 Å². The summed E-state index contributed by atoms with van der Waals surface area (Å²) in [5.74, 6) is 0.979. The minimum absolute atomic E-state index is 0.150. The van der Waals surface area contributed by atoms with E-state index in [9.17, 15) is 4.79 Å². The van der Waals surface area contributed by atoms with Crippen LogP contribution in [0.3, 0.4) is 0 Å². The Morgan fingerprint density at radius 2 is 1.85 bits per heavy atom. The molecule has 6 N–H and O–H groups in total. The van der Waals surface area contributed by atoms with Crippen molar-refractivity contribution in [1.82, 2.24) is 0 Å². The summed E-state index contributed by atoms with van der Waals surface area (Å²) in [5, 5.41) is 0. The topological polar surface area (TPSA) is 157 Å². The third kappa shape index (κ3) is 4.18. The quantitative estimate of drug-likeness (QED) is 0.411. The van der Waals surface area contributed by atoms with Crippen LogP contribution in [-0.2, 0) is 4.74 Å². The van der Waals surface area contributed by atoms with Crippen LogP contribution < -0.4 is 31.4 Å². The zero-order chi connectivity index (χ0) is 19.4. The molecule has 27 heavy (non-hydrogen) atoms. The number of nitrogens with two attached hydrogens (primary N) is 3. The Hall–Kier alpha value is -3.95. The lowest BCUT2D eigenvalue weighted by Crippen LogP contribution is -2.26. The molecule has 10 heteroatoms. The smallest absolute Gasteiger partial charge is 0.337 e. The summed E-state index contributed by atoms with van der Waals surface area (Å²) in [7, 11) is 1.27. The number of carbonyl (C=O) groups excluding carboxylic acids is 1. The van der Waals surface area contributed by atoms with E-state index in [1.807, 2.05) is 0 Å². The highest BCUT2D eigenvalue weighted by Gasteiger charge is 2.16. The third-order valence-electron chi connectivity index (χ3n) is 3.43. The molecule has 140 valence electrons. The van der Waals surface area contributed by atoms with E-state index in [-0.39, 0.29) is 30.0 Å². The first kappa shape index (κ1) is 17.9. The molecule has 10 nitrogen and oxygen atoms in total. The number of rotatable bonds is 4. The molecule has 1 aliphatic heterocycles. The van der Waals surface area contributed by atoms with Crippen LogP contribution in [0.25, 0.3) is 0 Å². The minimum atomic E-state index is -0.540. The molecule has 0 radical (unpaired) electrons. The summed E-state index contributed by atoms with van der Waals surface area (Å²) in [4.78, 5) is 19.5. The van der Waals surface area contributed by atoms with Crippen molar-refractivity contribution in [2.45, 2.75) is 0 Å². The van der Waals surface area contributed by atoms with Gasteiger partial charge >= 0.3 is 5.97 Å². The van der Waals surface area contributed by atoms with Gasteiger partial charge < -0.3 is 36.1 Å². The summed E-state index contributed by atoms with van der Waals surface area (Å²) in [6.07, 6.45) is 0. The summed E-state index contributed by atoms with van der Waals surface area (Å²) in [5.41, 5.74) is 16.8. The van der Waals surface area contributed by atoms with Crippen LogP contribution in [0.15, 0.2) is 46.4 Å². The van der Waals surface area contributed by atoms with Crippen LogP contribution in [-0.4, -0.2) is 31.8 Å². The maximum Gasteiger partial charge on any atom is 0.337 e. The number of ether oxygens (including phenoxy) is 4. The number of carbonyl (C=O) groups is 1. The van der Waals surface area contributed by atoms with Gasteiger partial charge in [-0.1, -0.05) is 0 Å². The summed E-state index contributed by atoms with van der Waals surface area (Å²) < 4.78 is 21.1. The molecule has 0 unspecified atom stereocenters. The Morgan fingerprint density at radius 1 is 1.07 bits per heavy atom. The predicted octanol–water partition coefficient (Wildman–Crippen LogP) is 1.21. The maximum atomic E-state index is 11.8. The van der Waals surface area contributed by atoms with Crippen LogP contribution in [0.5, 0.6) is 23.0 Å². The van der Waals surface area contributed by atoms with Crippen molar-refractivity contribution in [2.75, 3.05) is 13.9 Å². The number of nitrogens with zero attached hydrogens (tertiary/aromatic N) is 2. The maximum absolute atomic E-state index is 11.8. The highest BCUT2D eigenvalue weighted by atomic mass is 16.7. The fraction of sp³-hybridized carbons (Fsp3) is 0.118. The molecule has 0 aliphatic carbocycles. The zero-order valence-corrected chi connectivity index (χ0v) is 14.3. The Kier molecular flexibility index (Phi) is 4.97. The molecule has 0 atom stereocenters. The SMILES string of the molecule is COC(=O)c1ccc(Oc2ccc3c(c2)OCO3)c(N=C(N)N=C(N)N)c1. The Bertz CT molecular complexity index is 937. The van der Waals surface area contributed by atoms with Gasteiger partial charge in [0.2, 0.25) is 12.8 Å². The van der Waals surface area contributed by atoms with E-state index in [4.69, 9.17) is 36.1 Å². The van der Waals surface area contributed by atoms with Gasteiger partial charge in [0, 0.05) is 6.07 Å². The van der Waals surface area contributed by atoms with Crippen molar-refractivity contribution >= 4 is 23.6 Å². The van der Waals surface area contributed by atoms with Crippen molar-refractivity contribution in [3.8, 4) is 23.0 Å². The average Bonchev–Trinajstić information content (AvgIpc) is 3.09. The molecule has 1 heterocycles. The van der Waals surface area contributed by atoms with Crippen molar-refractivity contribution < 1.29 is 23.7 Å². The fourth-order valence-corrected chi connectivity index (χ4v) is 2.28. The number of hydrogen-bond acceptors (Lipinski definition) is 6. The lowest BCUT2D eigenvalue weighted by Gasteiger charge is -2.10. The fourth-order valence-electron chi connectivity index (χ4n) is 2.28. The van der Waals surface area contributed by atoms with Crippen LogP contribution in [0, 0.1) is 0 Å². The molecule has 3 rings (SSSR count). The number of guanidine groups is 2. The van der Waals surface area contributed by atoms with Crippen LogP contribution in [0.1, 0.15) is 10.4 Å². The minimum Gasteiger partial charge on any atom is -0.465 e. The monoisotopic (exact) mass is 371 g/mol. The van der Waals surface area contributed by atoms with Crippen LogP contribution in [0.4, 0.5) is 5.69 Å². The molecule has 1 aliphatic rings. The first-order chi connectivity index (χ1) is 13.0. The number of methoxy groups -OCH3 is 1. The summed E-state index contributed by atoms with van der Waals surface area (Å²) in [6.45, 7) is 0.150. The molecule has 2 aromatic carbocycles. The standard InChI is InChI=1S/C17H17N5O5/c1-24-15(23)9-2-4-12(11(6-9)21-17(20)22-16(18)19)27-10-3-5-13-14(7-10)26-8-25-13/h2-7H,8H2,1H3,(H6,18,19,20,21,22). The van der Waals surface area contributed by atoms with E-state index < -0.39 is 5.97 Å². The van der Waals surface area contributed by atoms with Gasteiger partial charge in [-0.25, -0.2) is 9.79 Å². The molecule has 0 spiro atoms. The molecular formula is C17H17N5O5. The third-order valence-corrected chi connectivity index (χ3v) is 3.43. The lowest BCUT2D eigenvalue weighted by molar-refractivity contribution is 0.0600. The zero-order valence-electron chi connectivity index (χ0n) is 14.3. The number of esters is 1. The molecular weight excluding hydrogens is 354 g/mol. The van der Waals surface area contributed by atoms with Gasteiger partial charge in [-0.2, -0.15) is 4.99 Å². The van der Waals surface area contributed by atoms with E-state index >= 15 is 0 Å². The number of aliphatic imine (C=N–C) groups is 2. The molecule has 0 fully saturated rings. The Morgan fingerprint density at radius 3 is 2.59 bits per heavy atom. The molecule has 0 saturated carbocycles. The second-order valence-electron chi connectivity index (χ2n) is 5.30. The molecule has 0 bridgehead atoms. The molecule has 0 amide bonds. The lowest BCUT2D eigenvalue weighted by atomic mass is 10.2. The van der Waals surface area contributed by atoms with Gasteiger partial charge in [0.1, 0.15) is 11.4 Å². The van der Waals surface area contributed by atoms with Crippen molar-refractivity contribution in [1.29, 1.82) is 0 Å². The molecule has 0 saturated heterocycles. The van der Waals surface area contributed by atoms with Gasteiger partial charge in [0.25, 0.3) is 0 Å². The Labute approximate surface area is 154 Å². The van der Waals surface area contributed by atoms with Gasteiger partial charge in [0.05, 0.1) is 12.7 Å². The average molecular weight is 371 g/mol. The number of hydrogen-bond donors (Lipinski definition) is 3. The highest BCUT2D eigenvalue weighted by molar-refractivity contribution is 5.95. The van der Waals surface area contributed by atoms with Crippen molar-refractivity contribution in [3.05, 3.63) is 42.0 Å². The number of fused-ring (bicyclic) bond motifs is 1. The van der Waals surface area contributed by atoms with E-state index in [1.165, 1.54) is 19.2 Å². The predicted molar refractivity (Wildman–Crippen MR) is 97.5 cm³/mol. The van der Waals surface area contributed by atoms with Gasteiger partial charge in [-0.3, -0.25) is 0 Å². The molecule has 0 aromatic heterocycles. The van der Waals surface area contributed by atoms with E-state index in [1.54, 1.807) is 24.3 Å². The normalized spacial score (nSPS) is 12.4. The van der Waals surface area contributed by atoms with Crippen molar-refractivity contribution in [2.24, 2.45) is 27.2 Å². The van der Waals surface area contributed by atoms with E-state index in [0.29, 0.717) is 23.0 Å². The second-order valence-corrected chi connectivity index (χ2v) is 5.30. The highest BCUT2D eigenvalue weighted by Crippen LogP contribution is 2.39. The van der Waals surface area contributed by atoms with E-state index in [2.05, 4.69) is 9.98 Å². The number of benzene rings is 2. The summed E-state index contributed by atoms with van der Waals surface area (Å²) in [6, 6.07) is 9.63. The van der Waals surface area contributed by atoms with Crippen LogP contribution in [0.2, 0.25) is 0 Å². The first-order valence-corrected chi connectivity index (χ1v) is 7.70. The van der Waals surface area contributed by atoms with Crippen molar-refractivity contribution in [3.63, 3.8) is 0 Å². The van der Waals surface area contributed by atoms with E-state index in [0.717, 1.165) is 0 Å². The van der Waals surface area contributed by atoms with Crippen LogP contribution >= 0.6 is 0 Å². The first-order valence-electron chi connectivity index (χ1n) is 7.70. The second kappa shape index (κ2) is 7.52. The Balaban J connectivity index is 1.98. The largest absolute Gasteiger partial charge is 0.465 e. The molecule has 2 aromatic rings. The summed E-state index contributed by atoms with van der Waals surface area (Å²) >= 11 is 0.